The van der Waals surface area contributed by atoms with Crippen molar-refractivity contribution in [2.75, 3.05) is 14.2 Å². The summed E-state index contributed by atoms with van der Waals surface area (Å²) in [5.41, 5.74) is -0.411. The highest BCUT2D eigenvalue weighted by atomic mass is 16.6. The summed E-state index contributed by atoms with van der Waals surface area (Å²) in [6, 6.07) is 4.70. The number of ether oxygens (including phenoxy) is 3. The van der Waals surface area contributed by atoms with Crippen LogP contribution >= 0.6 is 0 Å². The monoisotopic (exact) mass is 347 g/mol. The molecule has 0 aromatic heterocycles. The van der Waals surface area contributed by atoms with E-state index in [-0.39, 0.29) is 34.1 Å². The number of carbonyl (C=O) groups is 2. The van der Waals surface area contributed by atoms with Crippen LogP contribution in [-0.4, -0.2) is 36.8 Å². The molecule has 9 heteroatoms. The summed E-state index contributed by atoms with van der Waals surface area (Å²) >= 11 is 0. The molecule has 0 saturated heterocycles. The number of aldehydes is 2. The van der Waals surface area contributed by atoms with Crippen LogP contribution in [0.15, 0.2) is 24.3 Å². The Morgan fingerprint density at radius 2 is 1.48 bits per heavy atom. The number of nitro groups is 1. The molecule has 25 heavy (non-hydrogen) atoms. The largest absolute Gasteiger partial charge is 0.502 e. The van der Waals surface area contributed by atoms with Gasteiger partial charge in [0.05, 0.1) is 19.1 Å². The Morgan fingerprint density at radius 1 is 0.960 bits per heavy atom. The number of hydrogen-bond acceptors (Lipinski definition) is 8. The lowest BCUT2D eigenvalue weighted by Gasteiger charge is -2.14. The van der Waals surface area contributed by atoms with Gasteiger partial charge in [0, 0.05) is 17.2 Å². The van der Waals surface area contributed by atoms with Gasteiger partial charge in [-0.3, -0.25) is 19.7 Å². The van der Waals surface area contributed by atoms with Crippen molar-refractivity contribution in [2.45, 2.75) is 0 Å². The fourth-order valence-electron chi connectivity index (χ4n) is 2.08. The fraction of sp³-hybridized carbons (Fsp3) is 0.125. The topological polar surface area (TPSA) is 125 Å². The molecule has 0 bridgehead atoms. The maximum absolute atomic E-state index is 11.3. The first kappa shape index (κ1) is 17.7. The molecule has 0 atom stereocenters. The zero-order valence-corrected chi connectivity index (χ0v) is 13.2. The van der Waals surface area contributed by atoms with E-state index in [4.69, 9.17) is 14.2 Å². The van der Waals surface area contributed by atoms with Crippen molar-refractivity contribution in [3.63, 3.8) is 0 Å². The summed E-state index contributed by atoms with van der Waals surface area (Å²) in [5, 5.41) is 21.4. The van der Waals surface area contributed by atoms with Crippen molar-refractivity contribution in [1.29, 1.82) is 0 Å². The van der Waals surface area contributed by atoms with Crippen molar-refractivity contribution < 1.29 is 33.8 Å². The van der Waals surface area contributed by atoms with Crippen LogP contribution in [0.4, 0.5) is 5.69 Å². The second-order valence-electron chi connectivity index (χ2n) is 4.74. The summed E-state index contributed by atoms with van der Waals surface area (Å²) in [5.74, 6) is -1.18. The molecule has 0 radical (unpaired) electrons. The van der Waals surface area contributed by atoms with Crippen LogP contribution in [0.25, 0.3) is 0 Å². The Balaban J connectivity index is 2.66. The Morgan fingerprint density at radius 3 is 2.00 bits per heavy atom. The van der Waals surface area contributed by atoms with Crippen LogP contribution in [0.1, 0.15) is 20.7 Å². The zero-order valence-electron chi connectivity index (χ0n) is 13.2. The Labute approximate surface area is 141 Å². The number of rotatable bonds is 7. The Hall–Kier alpha value is -3.62. The quantitative estimate of drug-likeness (QED) is 0.460. The first-order chi connectivity index (χ1) is 11.9. The lowest BCUT2D eigenvalue weighted by Crippen LogP contribution is -2.00. The minimum absolute atomic E-state index is 0.0133. The number of phenolic OH excluding ortho intramolecular Hbond substituents is 1. The predicted octanol–water partition coefficient (Wildman–Crippen LogP) is 2.73. The molecular formula is C16H13NO8. The Bertz CT molecular complexity index is 847. The van der Waals surface area contributed by atoms with Crippen LogP contribution in [0.3, 0.4) is 0 Å². The maximum atomic E-state index is 11.3. The number of hydrogen-bond donors (Lipinski definition) is 1. The molecule has 9 nitrogen and oxygen atoms in total. The van der Waals surface area contributed by atoms with Crippen LogP contribution in [-0.2, 0) is 0 Å². The van der Waals surface area contributed by atoms with E-state index in [9.17, 15) is 24.8 Å². The summed E-state index contributed by atoms with van der Waals surface area (Å²) in [6.45, 7) is 0. The van der Waals surface area contributed by atoms with Gasteiger partial charge in [-0.25, -0.2) is 0 Å². The van der Waals surface area contributed by atoms with E-state index in [0.29, 0.717) is 12.6 Å². The molecule has 0 aliphatic rings. The van der Waals surface area contributed by atoms with Crippen molar-refractivity contribution in [1.82, 2.24) is 0 Å². The van der Waals surface area contributed by atoms with E-state index in [1.165, 1.54) is 32.4 Å². The number of phenols is 1. The second kappa shape index (κ2) is 7.30. The average Bonchev–Trinajstić information content (AvgIpc) is 2.62. The van der Waals surface area contributed by atoms with Crippen LogP contribution in [0, 0.1) is 10.1 Å². The summed E-state index contributed by atoms with van der Waals surface area (Å²) in [4.78, 5) is 32.5. The summed E-state index contributed by atoms with van der Waals surface area (Å²) in [6.07, 6.45) is 0.919. The smallest absolute Gasteiger partial charge is 0.316 e. The number of methoxy groups -OCH3 is 2. The van der Waals surface area contributed by atoms with Crippen molar-refractivity contribution in [3.8, 4) is 28.7 Å². The van der Waals surface area contributed by atoms with E-state index < -0.39 is 16.4 Å². The van der Waals surface area contributed by atoms with Gasteiger partial charge in [0.15, 0.2) is 17.2 Å². The lowest BCUT2D eigenvalue weighted by atomic mass is 10.1. The van der Waals surface area contributed by atoms with E-state index in [1.807, 2.05) is 0 Å². The maximum Gasteiger partial charge on any atom is 0.316 e. The van der Waals surface area contributed by atoms with Gasteiger partial charge in [-0.15, -0.1) is 0 Å². The third kappa shape index (κ3) is 3.50. The molecule has 0 amide bonds. The highest BCUT2D eigenvalue weighted by molar-refractivity contribution is 5.80. The van der Waals surface area contributed by atoms with Gasteiger partial charge >= 0.3 is 5.69 Å². The van der Waals surface area contributed by atoms with Crippen molar-refractivity contribution in [2.24, 2.45) is 0 Å². The van der Waals surface area contributed by atoms with Gasteiger partial charge in [-0.05, 0) is 18.2 Å². The van der Waals surface area contributed by atoms with Gasteiger partial charge in [0.25, 0.3) is 0 Å². The molecule has 0 aliphatic heterocycles. The zero-order chi connectivity index (χ0) is 18.6. The lowest BCUT2D eigenvalue weighted by molar-refractivity contribution is -0.385. The molecule has 2 aromatic carbocycles. The average molecular weight is 347 g/mol. The Kier molecular flexibility index (Phi) is 5.18. The van der Waals surface area contributed by atoms with E-state index in [2.05, 4.69) is 0 Å². The standard InChI is InChI=1S/C16H13NO8/c1-23-12-4-10(8-19)5-13(15(12)20)25-16-11(17(21)22)3-9(7-18)6-14(16)24-2/h3-8,20H,1-2H3. The van der Waals surface area contributed by atoms with Gasteiger partial charge in [-0.2, -0.15) is 0 Å². The molecule has 0 unspecified atom stereocenters. The molecule has 0 spiro atoms. The summed E-state index contributed by atoms with van der Waals surface area (Å²) in [7, 11) is 2.51. The molecule has 0 saturated carbocycles. The van der Waals surface area contributed by atoms with Gasteiger partial charge in [-0.1, -0.05) is 0 Å². The minimum atomic E-state index is -0.761. The number of benzene rings is 2. The van der Waals surface area contributed by atoms with Gasteiger partial charge in [0.1, 0.15) is 12.6 Å². The van der Waals surface area contributed by atoms with Gasteiger partial charge < -0.3 is 19.3 Å². The van der Waals surface area contributed by atoms with Crippen LogP contribution in [0.5, 0.6) is 28.7 Å². The molecule has 2 rings (SSSR count). The first-order valence-corrected chi connectivity index (χ1v) is 6.80. The van der Waals surface area contributed by atoms with Gasteiger partial charge in [0.2, 0.25) is 11.5 Å². The molecule has 0 aliphatic carbocycles. The molecule has 2 aromatic rings. The highest BCUT2D eigenvalue weighted by Crippen LogP contribution is 2.45. The predicted molar refractivity (Wildman–Crippen MR) is 85.2 cm³/mol. The third-order valence-corrected chi connectivity index (χ3v) is 3.24. The molecule has 130 valence electrons. The summed E-state index contributed by atoms with van der Waals surface area (Å²) < 4.78 is 15.4. The molecule has 0 fully saturated rings. The third-order valence-electron chi connectivity index (χ3n) is 3.24. The van der Waals surface area contributed by atoms with E-state index in [0.717, 1.165) is 6.07 Å². The SMILES string of the molecule is COc1cc(C=O)cc(Oc2c(OC)cc(C=O)cc2[N+](=O)[O-])c1O. The van der Waals surface area contributed by atoms with Crippen molar-refractivity contribution in [3.05, 3.63) is 45.5 Å². The van der Waals surface area contributed by atoms with E-state index in [1.54, 1.807) is 0 Å². The fourth-order valence-corrected chi connectivity index (χ4v) is 2.08. The first-order valence-electron chi connectivity index (χ1n) is 6.80. The van der Waals surface area contributed by atoms with Crippen LogP contribution < -0.4 is 14.2 Å². The number of carbonyl (C=O) groups excluding carboxylic acids is 2. The molecular weight excluding hydrogens is 334 g/mol. The van der Waals surface area contributed by atoms with Crippen LogP contribution in [0.2, 0.25) is 0 Å². The molecule has 1 N–H and O–H groups in total. The van der Waals surface area contributed by atoms with Crippen molar-refractivity contribution >= 4 is 18.3 Å². The highest BCUT2D eigenvalue weighted by Gasteiger charge is 2.25. The van der Waals surface area contributed by atoms with E-state index >= 15 is 0 Å². The second-order valence-corrected chi connectivity index (χ2v) is 4.74. The number of nitrogens with zero attached hydrogens (tertiary/aromatic N) is 1. The number of nitro benzene ring substituents is 1. The molecule has 0 heterocycles. The minimum Gasteiger partial charge on any atom is -0.502 e. The normalized spacial score (nSPS) is 10.0. The number of aromatic hydroxyl groups is 1.